The van der Waals surface area contributed by atoms with E-state index in [0.717, 1.165) is 13.1 Å². The number of nitrogens with zero attached hydrogens (tertiary/aromatic N) is 1. The molecular formula is C17H28N2O3. The van der Waals surface area contributed by atoms with Gasteiger partial charge >= 0.3 is 6.03 Å². The van der Waals surface area contributed by atoms with Gasteiger partial charge in [-0.05, 0) is 24.0 Å². The number of rotatable bonds is 7. The first-order valence-electron chi connectivity index (χ1n) is 7.65. The molecule has 0 saturated carbocycles. The Bertz CT molecular complexity index is 477. The van der Waals surface area contributed by atoms with Crippen LogP contribution in [0.25, 0.3) is 0 Å². The van der Waals surface area contributed by atoms with Gasteiger partial charge in [0.25, 0.3) is 0 Å². The van der Waals surface area contributed by atoms with E-state index in [-0.39, 0.29) is 6.03 Å². The Morgan fingerprint density at radius 3 is 2.14 bits per heavy atom. The van der Waals surface area contributed by atoms with E-state index in [1.54, 1.807) is 32.4 Å². The number of nitrogens with one attached hydrogen (secondary N) is 1. The van der Waals surface area contributed by atoms with Crippen molar-refractivity contribution in [3.63, 3.8) is 0 Å². The van der Waals surface area contributed by atoms with E-state index >= 15 is 0 Å². The van der Waals surface area contributed by atoms with Gasteiger partial charge in [-0.15, -0.1) is 0 Å². The van der Waals surface area contributed by atoms with Crippen molar-refractivity contribution in [2.24, 2.45) is 11.8 Å². The number of amides is 2. The molecule has 0 bridgehead atoms. The van der Waals surface area contributed by atoms with Crippen molar-refractivity contribution in [1.29, 1.82) is 0 Å². The molecule has 0 atom stereocenters. The van der Waals surface area contributed by atoms with Crippen LogP contribution in [0.2, 0.25) is 0 Å². The normalized spacial score (nSPS) is 10.7. The third-order valence-electron chi connectivity index (χ3n) is 3.11. The van der Waals surface area contributed by atoms with Gasteiger partial charge in [-0.2, -0.15) is 0 Å². The molecule has 0 heterocycles. The smallest absolute Gasteiger partial charge is 0.321 e. The molecular weight excluding hydrogens is 280 g/mol. The van der Waals surface area contributed by atoms with Gasteiger partial charge in [0.15, 0.2) is 0 Å². The summed E-state index contributed by atoms with van der Waals surface area (Å²) in [4.78, 5) is 14.4. The maximum absolute atomic E-state index is 12.6. The molecule has 2 amide bonds. The highest BCUT2D eigenvalue weighted by Gasteiger charge is 2.18. The first-order valence-corrected chi connectivity index (χ1v) is 7.65. The van der Waals surface area contributed by atoms with E-state index in [0.29, 0.717) is 29.0 Å². The van der Waals surface area contributed by atoms with Gasteiger partial charge in [0.2, 0.25) is 0 Å². The zero-order valence-electron chi connectivity index (χ0n) is 14.5. The van der Waals surface area contributed by atoms with E-state index in [1.165, 1.54) is 0 Å². The molecule has 22 heavy (non-hydrogen) atoms. The van der Waals surface area contributed by atoms with E-state index < -0.39 is 0 Å². The van der Waals surface area contributed by atoms with Crippen molar-refractivity contribution >= 4 is 11.7 Å². The standard InChI is InChI=1S/C17H28N2O3/c1-12(2)10-19(11-13(3)4)17(20)18-15-9-14(21-5)7-8-16(15)22-6/h7-9,12-13H,10-11H2,1-6H3,(H,18,20). The fraction of sp³-hybridized carbons (Fsp3) is 0.588. The predicted molar refractivity (Wildman–Crippen MR) is 89.8 cm³/mol. The van der Waals surface area contributed by atoms with E-state index in [9.17, 15) is 4.79 Å². The highest BCUT2D eigenvalue weighted by atomic mass is 16.5. The maximum Gasteiger partial charge on any atom is 0.321 e. The van der Waals surface area contributed by atoms with Gasteiger partial charge in [-0.25, -0.2) is 4.79 Å². The molecule has 5 heteroatoms. The minimum absolute atomic E-state index is 0.117. The highest BCUT2D eigenvalue weighted by Crippen LogP contribution is 2.29. The minimum Gasteiger partial charge on any atom is -0.497 e. The van der Waals surface area contributed by atoms with Crippen LogP contribution in [0.5, 0.6) is 11.5 Å². The highest BCUT2D eigenvalue weighted by molar-refractivity contribution is 5.91. The topological polar surface area (TPSA) is 50.8 Å². The van der Waals surface area contributed by atoms with Crippen LogP contribution >= 0.6 is 0 Å². The molecule has 1 aromatic carbocycles. The quantitative estimate of drug-likeness (QED) is 0.832. The minimum atomic E-state index is -0.117. The molecule has 0 spiro atoms. The first-order chi connectivity index (χ1) is 10.4. The second-order valence-electron chi connectivity index (χ2n) is 6.19. The van der Waals surface area contributed by atoms with E-state index in [2.05, 4.69) is 33.0 Å². The van der Waals surface area contributed by atoms with Gasteiger partial charge in [-0.3, -0.25) is 0 Å². The van der Waals surface area contributed by atoms with Crippen molar-refractivity contribution in [2.75, 3.05) is 32.6 Å². The molecule has 0 aliphatic heterocycles. The number of benzene rings is 1. The van der Waals surface area contributed by atoms with Crippen LogP contribution in [0.1, 0.15) is 27.7 Å². The van der Waals surface area contributed by atoms with Gasteiger partial charge in [-0.1, -0.05) is 27.7 Å². The van der Waals surface area contributed by atoms with Gasteiger partial charge in [0, 0.05) is 19.2 Å². The number of ether oxygens (including phenoxy) is 2. The number of carbonyl (C=O) groups is 1. The van der Waals surface area contributed by atoms with Gasteiger partial charge in [0.05, 0.1) is 19.9 Å². The van der Waals surface area contributed by atoms with Crippen LogP contribution in [0, 0.1) is 11.8 Å². The summed E-state index contributed by atoms with van der Waals surface area (Å²) in [5.74, 6) is 2.12. The van der Waals surface area contributed by atoms with Crippen LogP contribution in [0.15, 0.2) is 18.2 Å². The monoisotopic (exact) mass is 308 g/mol. The molecule has 0 radical (unpaired) electrons. The third kappa shape index (κ3) is 5.47. The van der Waals surface area contributed by atoms with Crippen LogP contribution in [-0.2, 0) is 0 Å². The number of methoxy groups -OCH3 is 2. The van der Waals surface area contributed by atoms with Gasteiger partial charge < -0.3 is 19.7 Å². The molecule has 5 nitrogen and oxygen atoms in total. The van der Waals surface area contributed by atoms with Crippen molar-refractivity contribution in [1.82, 2.24) is 4.90 Å². The molecule has 1 N–H and O–H groups in total. The summed E-state index contributed by atoms with van der Waals surface area (Å²) >= 11 is 0. The number of hydrogen-bond acceptors (Lipinski definition) is 3. The lowest BCUT2D eigenvalue weighted by molar-refractivity contribution is 0.196. The SMILES string of the molecule is COc1ccc(OC)c(NC(=O)N(CC(C)C)CC(C)C)c1. The second-order valence-corrected chi connectivity index (χ2v) is 6.19. The Morgan fingerprint density at radius 2 is 1.68 bits per heavy atom. The lowest BCUT2D eigenvalue weighted by atomic mass is 10.1. The van der Waals surface area contributed by atoms with Crippen molar-refractivity contribution in [2.45, 2.75) is 27.7 Å². The molecule has 0 unspecified atom stereocenters. The molecule has 124 valence electrons. The number of hydrogen-bond donors (Lipinski definition) is 1. The number of urea groups is 1. The summed E-state index contributed by atoms with van der Waals surface area (Å²) in [6.45, 7) is 9.85. The Balaban J connectivity index is 2.92. The molecule has 0 saturated heterocycles. The third-order valence-corrected chi connectivity index (χ3v) is 3.11. The molecule has 0 aliphatic carbocycles. The Kier molecular flexibility index (Phi) is 7.02. The maximum atomic E-state index is 12.6. The largest absolute Gasteiger partial charge is 0.497 e. The zero-order valence-corrected chi connectivity index (χ0v) is 14.5. The fourth-order valence-electron chi connectivity index (χ4n) is 2.23. The van der Waals surface area contributed by atoms with E-state index in [4.69, 9.17) is 9.47 Å². The van der Waals surface area contributed by atoms with Crippen LogP contribution in [0.4, 0.5) is 10.5 Å². The lowest BCUT2D eigenvalue weighted by Crippen LogP contribution is -2.40. The number of anilines is 1. The lowest BCUT2D eigenvalue weighted by Gasteiger charge is -2.27. The second kappa shape index (κ2) is 8.51. The van der Waals surface area contributed by atoms with Crippen LogP contribution < -0.4 is 14.8 Å². The van der Waals surface area contributed by atoms with Crippen LogP contribution in [-0.4, -0.2) is 38.2 Å². The summed E-state index contributed by atoms with van der Waals surface area (Å²) in [5.41, 5.74) is 0.615. The zero-order chi connectivity index (χ0) is 16.7. The van der Waals surface area contributed by atoms with Crippen molar-refractivity contribution in [3.8, 4) is 11.5 Å². The average Bonchev–Trinajstić information content (AvgIpc) is 2.45. The average molecular weight is 308 g/mol. The molecule has 0 aliphatic rings. The molecule has 0 aromatic heterocycles. The molecule has 1 rings (SSSR count). The van der Waals surface area contributed by atoms with E-state index in [1.807, 2.05) is 4.90 Å². The van der Waals surface area contributed by atoms with Crippen molar-refractivity contribution < 1.29 is 14.3 Å². The first kappa shape index (κ1) is 18.1. The summed E-state index contributed by atoms with van der Waals surface area (Å²) in [5, 5.41) is 2.93. The Morgan fingerprint density at radius 1 is 1.09 bits per heavy atom. The molecule has 1 aromatic rings. The Labute approximate surface area is 133 Å². The summed E-state index contributed by atoms with van der Waals surface area (Å²) in [7, 11) is 3.18. The van der Waals surface area contributed by atoms with Crippen LogP contribution in [0.3, 0.4) is 0 Å². The van der Waals surface area contributed by atoms with Crippen molar-refractivity contribution in [3.05, 3.63) is 18.2 Å². The summed E-state index contributed by atoms with van der Waals surface area (Å²) < 4.78 is 10.5. The number of carbonyl (C=O) groups excluding carboxylic acids is 1. The predicted octanol–water partition coefficient (Wildman–Crippen LogP) is 3.85. The Hall–Kier alpha value is -1.91. The summed E-state index contributed by atoms with van der Waals surface area (Å²) in [6, 6.07) is 5.23. The molecule has 0 fully saturated rings. The summed E-state index contributed by atoms with van der Waals surface area (Å²) in [6.07, 6.45) is 0. The van der Waals surface area contributed by atoms with Gasteiger partial charge in [0.1, 0.15) is 11.5 Å². The fourth-order valence-corrected chi connectivity index (χ4v) is 2.23.